The first kappa shape index (κ1) is 21.8. The molecule has 0 bridgehead atoms. The number of carbonyl (C=O) groups excluding carboxylic acids is 2. The number of rotatable bonds is 6. The Bertz CT molecular complexity index is 1170. The minimum Gasteiger partial charge on any atom is -0.462 e. The monoisotopic (exact) mass is 444 g/mol. The molecule has 1 aromatic heterocycles. The molecule has 32 heavy (non-hydrogen) atoms. The highest BCUT2D eigenvalue weighted by Gasteiger charge is 2.40. The molecule has 0 aliphatic heterocycles. The molecule has 1 aliphatic carbocycles. The molecule has 1 N–H and O–H groups in total. The minimum absolute atomic E-state index is 0.185. The summed E-state index contributed by atoms with van der Waals surface area (Å²) in [6, 6.07) is 21.8. The predicted octanol–water partition coefficient (Wildman–Crippen LogP) is 5.06. The van der Waals surface area contributed by atoms with Gasteiger partial charge in [-0.25, -0.2) is 4.79 Å². The van der Waals surface area contributed by atoms with Crippen molar-refractivity contribution in [3.05, 3.63) is 87.8 Å². The number of anilines is 1. The van der Waals surface area contributed by atoms with Gasteiger partial charge in [0.2, 0.25) is 5.91 Å². The maximum absolute atomic E-state index is 12.8. The van der Waals surface area contributed by atoms with Crippen LogP contribution in [0.25, 0.3) is 0 Å². The van der Waals surface area contributed by atoms with Crippen LogP contribution in [-0.2, 0) is 34.2 Å². The molecule has 6 heteroatoms. The summed E-state index contributed by atoms with van der Waals surface area (Å²) in [7, 11) is 0. The number of carbonyl (C=O) groups is 2. The van der Waals surface area contributed by atoms with Gasteiger partial charge in [0.05, 0.1) is 30.1 Å². The number of amides is 1. The zero-order chi connectivity index (χ0) is 22.6. The van der Waals surface area contributed by atoms with Crippen LogP contribution in [0.2, 0.25) is 0 Å². The molecule has 1 amide bonds. The van der Waals surface area contributed by atoms with Crippen LogP contribution in [0, 0.1) is 11.3 Å². The van der Waals surface area contributed by atoms with E-state index in [9.17, 15) is 14.9 Å². The first-order valence-electron chi connectivity index (χ1n) is 10.7. The van der Waals surface area contributed by atoms with E-state index in [4.69, 9.17) is 4.74 Å². The Labute approximate surface area is 191 Å². The van der Waals surface area contributed by atoms with E-state index in [0.29, 0.717) is 29.8 Å². The van der Waals surface area contributed by atoms with Crippen molar-refractivity contribution in [3.8, 4) is 6.07 Å². The molecule has 3 aromatic rings. The molecule has 2 aromatic carbocycles. The number of benzene rings is 2. The average molecular weight is 445 g/mol. The molecule has 0 radical (unpaired) electrons. The molecule has 1 atom stereocenters. The Hall–Kier alpha value is -3.43. The number of nitrogens with zero attached hydrogens (tertiary/aromatic N) is 1. The topological polar surface area (TPSA) is 79.2 Å². The van der Waals surface area contributed by atoms with E-state index in [-0.39, 0.29) is 18.9 Å². The van der Waals surface area contributed by atoms with Crippen molar-refractivity contribution in [1.82, 2.24) is 0 Å². The zero-order valence-corrected chi connectivity index (χ0v) is 18.7. The van der Waals surface area contributed by atoms with Crippen LogP contribution >= 0.6 is 11.3 Å². The van der Waals surface area contributed by atoms with E-state index in [1.54, 1.807) is 6.92 Å². The fraction of sp³-hybridized carbons (Fsp3) is 0.269. The van der Waals surface area contributed by atoms with Crippen LogP contribution in [-0.4, -0.2) is 18.5 Å². The van der Waals surface area contributed by atoms with Gasteiger partial charge in [-0.3, -0.25) is 4.79 Å². The lowest BCUT2D eigenvalue weighted by molar-refractivity contribution is -0.115. The van der Waals surface area contributed by atoms with Crippen molar-refractivity contribution in [2.75, 3.05) is 11.9 Å². The van der Waals surface area contributed by atoms with Gasteiger partial charge < -0.3 is 10.1 Å². The molecule has 0 fully saturated rings. The molecular weight excluding hydrogens is 420 g/mol. The van der Waals surface area contributed by atoms with Crippen molar-refractivity contribution >= 4 is 28.2 Å². The Kier molecular flexibility index (Phi) is 6.38. The van der Waals surface area contributed by atoms with Crippen molar-refractivity contribution in [2.24, 2.45) is 0 Å². The third-order valence-electron chi connectivity index (χ3n) is 5.84. The average Bonchev–Trinajstić information content (AvgIpc) is 3.16. The van der Waals surface area contributed by atoms with Gasteiger partial charge in [-0.2, -0.15) is 5.26 Å². The summed E-state index contributed by atoms with van der Waals surface area (Å²) in [5, 5.41) is 13.5. The number of nitrogens with one attached hydrogen (secondary N) is 1. The number of hydrogen-bond acceptors (Lipinski definition) is 5. The summed E-state index contributed by atoms with van der Waals surface area (Å²) in [6.07, 6.45) is 1.92. The van der Waals surface area contributed by atoms with Crippen molar-refractivity contribution in [1.29, 1.82) is 5.26 Å². The molecule has 5 nitrogen and oxygen atoms in total. The number of esters is 1. The normalized spacial score (nSPS) is 17.1. The largest absolute Gasteiger partial charge is 0.462 e. The second-order valence-electron chi connectivity index (χ2n) is 7.88. The number of thiophene rings is 1. The molecule has 162 valence electrons. The van der Waals surface area contributed by atoms with Gasteiger partial charge in [0.25, 0.3) is 0 Å². The standard InChI is InChI=1S/C26H24N2O3S/c1-2-31-25(30)23-20-13-14-26(17-27,19-11-7-4-8-12-19)16-21(20)32-24(23)28-22(29)15-18-9-5-3-6-10-18/h3-12H,2,13-16H2,1H3,(H,28,29). The SMILES string of the molecule is CCOC(=O)c1c(NC(=O)Cc2ccccc2)sc2c1CCC(C#N)(c1ccccc1)C2. The van der Waals surface area contributed by atoms with E-state index >= 15 is 0 Å². The van der Waals surface area contributed by atoms with Crippen molar-refractivity contribution in [2.45, 2.75) is 38.0 Å². The predicted molar refractivity (Wildman–Crippen MR) is 125 cm³/mol. The molecule has 1 heterocycles. The lowest BCUT2D eigenvalue weighted by atomic mass is 9.70. The maximum Gasteiger partial charge on any atom is 0.341 e. The number of hydrogen-bond donors (Lipinski definition) is 1. The Morgan fingerprint density at radius 1 is 1.12 bits per heavy atom. The van der Waals surface area contributed by atoms with Gasteiger partial charge in [-0.05, 0) is 36.5 Å². The summed E-state index contributed by atoms with van der Waals surface area (Å²) < 4.78 is 5.31. The van der Waals surface area contributed by atoms with Gasteiger partial charge in [0.1, 0.15) is 5.00 Å². The van der Waals surface area contributed by atoms with Crippen LogP contribution in [0.4, 0.5) is 5.00 Å². The number of fused-ring (bicyclic) bond motifs is 1. The van der Waals surface area contributed by atoms with E-state index < -0.39 is 11.4 Å². The van der Waals surface area contributed by atoms with Crippen LogP contribution in [0.3, 0.4) is 0 Å². The van der Waals surface area contributed by atoms with E-state index in [0.717, 1.165) is 21.6 Å². The number of nitriles is 1. The van der Waals surface area contributed by atoms with Crippen LogP contribution in [0.15, 0.2) is 60.7 Å². The lowest BCUT2D eigenvalue weighted by Gasteiger charge is -2.31. The maximum atomic E-state index is 12.8. The first-order chi connectivity index (χ1) is 15.6. The van der Waals surface area contributed by atoms with Gasteiger partial charge in [0, 0.05) is 11.3 Å². The highest BCUT2D eigenvalue weighted by Crippen LogP contribution is 2.45. The van der Waals surface area contributed by atoms with E-state index in [2.05, 4.69) is 11.4 Å². The smallest absolute Gasteiger partial charge is 0.341 e. The lowest BCUT2D eigenvalue weighted by Crippen LogP contribution is -2.31. The van der Waals surface area contributed by atoms with Gasteiger partial charge in [0.15, 0.2) is 0 Å². The quantitative estimate of drug-likeness (QED) is 0.539. The summed E-state index contributed by atoms with van der Waals surface area (Å²) in [6.45, 7) is 2.02. The molecular formula is C26H24N2O3S. The van der Waals surface area contributed by atoms with Crippen LogP contribution in [0.5, 0.6) is 0 Å². The summed E-state index contributed by atoms with van der Waals surface area (Å²) in [5.41, 5.74) is 2.57. The third-order valence-corrected chi connectivity index (χ3v) is 6.98. The fourth-order valence-corrected chi connectivity index (χ4v) is 5.61. The molecule has 4 rings (SSSR count). The molecule has 1 aliphatic rings. The van der Waals surface area contributed by atoms with Gasteiger partial charge >= 0.3 is 5.97 Å². The molecule has 1 unspecified atom stereocenters. The first-order valence-corrected chi connectivity index (χ1v) is 11.5. The minimum atomic E-state index is -0.642. The fourth-order valence-electron chi connectivity index (χ4n) is 4.24. The van der Waals surface area contributed by atoms with Crippen LogP contribution in [0.1, 0.15) is 45.3 Å². The van der Waals surface area contributed by atoms with Crippen LogP contribution < -0.4 is 5.32 Å². The molecule has 0 saturated carbocycles. The highest BCUT2D eigenvalue weighted by atomic mass is 32.1. The van der Waals surface area contributed by atoms with Gasteiger partial charge in [-0.15, -0.1) is 11.3 Å². The summed E-state index contributed by atoms with van der Waals surface area (Å²) in [4.78, 5) is 26.5. The second kappa shape index (κ2) is 9.37. The summed E-state index contributed by atoms with van der Waals surface area (Å²) >= 11 is 1.38. The van der Waals surface area contributed by atoms with E-state index in [1.807, 2.05) is 60.7 Å². The van der Waals surface area contributed by atoms with Crippen molar-refractivity contribution in [3.63, 3.8) is 0 Å². The second-order valence-corrected chi connectivity index (χ2v) is 8.98. The highest BCUT2D eigenvalue weighted by molar-refractivity contribution is 7.17. The van der Waals surface area contributed by atoms with Crippen molar-refractivity contribution < 1.29 is 14.3 Å². The Morgan fingerprint density at radius 2 is 1.81 bits per heavy atom. The third kappa shape index (κ3) is 4.30. The molecule has 0 saturated heterocycles. The Balaban J connectivity index is 1.67. The summed E-state index contributed by atoms with van der Waals surface area (Å²) in [5.74, 6) is -0.612. The molecule has 0 spiro atoms. The Morgan fingerprint density at radius 3 is 2.47 bits per heavy atom. The van der Waals surface area contributed by atoms with Gasteiger partial charge in [-0.1, -0.05) is 60.7 Å². The van der Waals surface area contributed by atoms with E-state index in [1.165, 1.54) is 11.3 Å². The number of ether oxygens (including phenoxy) is 1. The zero-order valence-electron chi connectivity index (χ0n) is 17.9.